The average Bonchev–Trinajstić information content (AvgIpc) is 2.74. The van der Waals surface area contributed by atoms with Gasteiger partial charge in [0.2, 0.25) is 5.25 Å². The van der Waals surface area contributed by atoms with Crippen molar-refractivity contribution in [3.63, 3.8) is 0 Å². The van der Waals surface area contributed by atoms with Crippen LogP contribution in [0.25, 0.3) is 0 Å². The molecule has 1 rings (SSSR count). The van der Waals surface area contributed by atoms with Crippen molar-refractivity contribution in [2.75, 3.05) is 13.2 Å². The Bertz CT molecular complexity index is 179. The smallest absolute Gasteiger partial charge is 0.248 e. The van der Waals surface area contributed by atoms with Crippen LogP contribution in [-0.2, 0) is 9.47 Å². The van der Waals surface area contributed by atoms with Gasteiger partial charge in [0.15, 0.2) is 0 Å². The second kappa shape index (κ2) is 9.18. The van der Waals surface area contributed by atoms with Gasteiger partial charge >= 0.3 is 0 Å². The van der Waals surface area contributed by atoms with Crippen LogP contribution >= 0.6 is 11.6 Å². The Morgan fingerprint density at radius 1 is 0.824 bits per heavy atom. The number of alkyl halides is 1. The first-order valence-corrected chi connectivity index (χ1v) is 7.61. The number of hydrogen-bond donors (Lipinski definition) is 0. The van der Waals surface area contributed by atoms with Crippen LogP contribution in [0.4, 0.5) is 0 Å². The van der Waals surface area contributed by atoms with Crippen LogP contribution in [-0.4, -0.2) is 18.5 Å². The van der Waals surface area contributed by atoms with Gasteiger partial charge in [0.25, 0.3) is 0 Å². The molecular formula is C14H27ClO2. The summed E-state index contributed by atoms with van der Waals surface area (Å²) in [5.41, 5.74) is 0. The van der Waals surface area contributed by atoms with E-state index in [9.17, 15) is 0 Å². The van der Waals surface area contributed by atoms with E-state index in [-0.39, 0.29) is 0 Å². The molecule has 0 aliphatic carbocycles. The van der Waals surface area contributed by atoms with E-state index in [4.69, 9.17) is 21.1 Å². The minimum atomic E-state index is -0.791. The van der Waals surface area contributed by atoms with Crippen LogP contribution in [0.1, 0.15) is 71.1 Å². The maximum atomic E-state index is 6.12. The number of unbranched alkanes of at least 4 members (excludes halogenated alkanes) is 8. The predicted molar refractivity (Wildman–Crippen MR) is 72.3 cm³/mol. The molecule has 1 fully saturated rings. The Kier molecular flexibility index (Phi) is 8.25. The SMILES string of the molecule is CCCCCCCCCCCC1(Cl)OCCO1. The maximum absolute atomic E-state index is 6.12. The Morgan fingerprint density at radius 3 is 1.82 bits per heavy atom. The number of ether oxygens (including phenoxy) is 2. The van der Waals surface area contributed by atoms with Crippen LogP contribution in [0.3, 0.4) is 0 Å². The summed E-state index contributed by atoms with van der Waals surface area (Å²) in [5, 5.41) is -0.791. The number of halogens is 1. The average molecular weight is 263 g/mol. The lowest BCUT2D eigenvalue weighted by Gasteiger charge is -2.18. The van der Waals surface area contributed by atoms with Gasteiger partial charge < -0.3 is 9.47 Å². The number of rotatable bonds is 10. The normalized spacial score (nSPS) is 18.7. The van der Waals surface area contributed by atoms with Crippen molar-refractivity contribution in [2.24, 2.45) is 0 Å². The second-order valence-corrected chi connectivity index (χ2v) is 5.51. The summed E-state index contributed by atoms with van der Waals surface area (Å²) in [6.45, 7) is 3.54. The molecule has 0 unspecified atom stereocenters. The second-order valence-electron chi connectivity index (χ2n) is 4.94. The first-order chi connectivity index (χ1) is 8.27. The summed E-state index contributed by atoms with van der Waals surface area (Å²) in [5.74, 6) is 0. The summed E-state index contributed by atoms with van der Waals surface area (Å²) in [4.78, 5) is 0. The van der Waals surface area contributed by atoms with Crippen molar-refractivity contribution in [3.05, 3.63) is 0 Å². The van der Waals surface area contributed by atoms with E-state index in [1.54, 1.807) is 0 Å². The summed E-state index contributed by atoms with van der Waals surface area (Å²) >= 11 is 6.12. The van der Waals surface area contributed by atoms with Gasteiger partial charge in [0.1, 0.15) is 0 Å². The minimum Gasteiger partial charge on any atom is -0.335 e. The molecule has 102 valence electrons. The molecule has 17 heavy (non-hydrogen) atoms. The molecule has 0 aromatic carbocycles. The molecule has 1 aliphatic heterocycles. The number of hydrogen-bond acceptors (Lipinski definition) is 2. The zero-order valence-corrected chi connectivity index (χ0v) is 11.9. The fraction of sp³-hybridized carbons (Fsp3) is 1.00. The van der Waals surface area contributed by atoms with E-state index in [1.165, 1.54) is 51.4 Å². The van der Waals surface area contributed by atoms with Crippen molar-refractivity contribution in [1.29, 1.82) is 0 Å². The van der Waals surface area contributed by atoms with Gasteiger partial charge in [-0.05, 0) is 6.42 Å². The molecule has 2 nitrogen and oxygen atoms in total. The summed E-state index contributed by atoms with van der Waals surface area (Å²) in [6, 6.07) is 0. The van der Waals surface area contributed by atoms with Crippen LogP contribution in [0.2, 0.25) is 0 Å². The van der Waals surface area contributed by atoms with Crippen LogP contribution in [0.5, 0.6) is 0 Å². The molecule has 0 spiro atoms. The van der Waals surface area contributed by atoms with Crippen LogP contribution in [0, 0.1) is 0 Å². The topological polar surface area (TPSA) is 18.5 Å². The lowest BCUT2D eigenvalue weighted by molar-refractivity contribution is -0.0901. The van der Waals surface area contributed by atoms with Crippen molar-refractivity contribution >= 4 is 11.6 Å². The molecule has 1 aliphatic rings. The highest BCUT2D eigenvalue weighted by Crippen LogP contribution is 2.30. The lowest BCUT2D eigenvalue weighted by Crippen LogP contribution is -2.21. The molecule has 0 radical (unpaired) electrons. The van der Waals surface area contributed by atoms with E-state index in [1.807, 2.05) is 0 Å². The third-order valence-corrected chi connectivity index (χ3v) is 3.70. The predicted octanol–water partition coefficient (Wildman–Crippen LogP) is 4.85. The highest BCUT2D eigenvalue weighted by atomic mass is 35.5. The van der Waals surface area contributed by atoms with E-state index in [2.05, 4.69) is 6.92 Å². The van der Waals surface area contributed by atoms with Crippen molar-refractivity contribution in [3.8, 4) is 0 Å². The summed E-state index contributed by atoms with van der Waals surface area (Å²) < 4.78 is 10.7. The summed E-state index contributed by atoms with van der Waals surface area (Å²) in [7, 11) is 0. The van der Waals surface area contributed by atoms with Gasteiger partial charge in [0, 0.05) is 6.42 Å². The van der Waals surface area contributed by atoms with Crippen molar-refractivity contribution in [1.82, 2.24) is 0 Å². The van der Waals surface area contributed by atoms with Gasteiger partial charge in [-0.3, -0.25) is 0 Å². The molecule has 0 aromatic heterocycles. The first-order valence-electron chi connectivity index (χ1n) is 7.24. The van der Waals surface area contributed by atoms with Crippen molar-refractivity contribution < 1.29 is 9.47 Å². The molecule has 1 heterocycles. The molecule has 0 saturated carbocycles. The fourth-order valence-electron chi connectivity index (χ4n) is 2.22. The minimum absolute atomic E-state index is 0.640. The molecule has 0 atom stereocenters. The van der Waals surface area contributed by atoms with Gasteiger partial charge in [-0.1, -0.05) is 69.9 Å². The molecule has 0 N–H and O–H groups in total. The van der Waals surface area contributed by atoms with E-state index < -0.39 is 5.25 Å². The van der Waals surface area contributed by atoms with Gasteiger partial charge in [-0.2, -0.15) is 0 Å². The molecule has 0 bridgehead atoms. The van der Waals surface area contributed by atoms with E-state index in [0.717, 1.165) is 12.8 Å². The van der Waals surface area contributed by atoms with E-state index in [0.29, 0.717) is 13.2 Å². The third-order valence-electron chi connectivity index (χ3n) is 3.30. The van der Waals surface area contributed by atoms with E-state index >= 15 is 0 Å². The Labute approximate surface area is 111 Å². The lowest BCUT2D eigenvalue weighted by atomic mass is 10.1. The largest absolute Gasteiger partial charge is 0.335 e. The highest BCUT2D eigenvalue weighted by molar-refractivity contribution is 6.22. The monoisotopic (exact) mass is 262 g/mol. The zero-order valence-electron chi connectivity index (χ0n) is 11.2. The summed E-state index contributed by atoms with van der Waals surface area (Å²) in [6.07, 6.45) is 12.8. The third kappa shape index (κ3) is 7.28. The fourth-order valence-corrected chi connectivity index (χ4v) is 2.51. The van der Waals surface area contributed by atoms with Crippen molar-refractivity contribution in [2.45, 2.75) is 76.4 Å². The standard InChI is InChI=1S/C14H27ClO2/c1-2-3-4-5-6-7-8-9-10-11-14(15)16-12-13-17-14/h2-13H2,1H3. The van der Waals surface area contributed by atoms with Crippen LogP contribution in [0.15, 0.2) is 0 Å². The zero-order chi connectivity index (χ0) is 12.4. The molecule has 1 saturated heterocycles. The molecule has 0 aromatic rings. The molecular weight excluding hydrogens is 236 g/mol. The quantitative estimate of drug-likeness (QED) is 0.414. The van der Waals surface area contributed by atoms with Gasteiger partial charge in [-0.15, -0.1) is 0 Å². The maximum Gasteiger partial charge on any atom is 0.248 e. The Balaban J connectivity index is 1.81. The Hall–Kier alpha value is 0.210. The first kappa shape index (κ1) is 15.3. The molecule has 3 heteroatoms. The highest BCUT2D eigenvalue weighted by Gasteiger charge is 2.32. The Morgan fingerprint density at radius 2 is 1.29 bits per heavy atom. The van der Waals surface area contributed by atoms with Gasteiger partial charge in [0.05, 0.1) is 13.2 Å². The van der Waals surface area contributed by atoms with Gasteiger partial charge in [-0.25, -0.2) is 0 Å². The molecule has 0 amide bonds. The van der Waals surface area contributed by atoms with Crippen LogP contribution < -0.4 is 0 Å².